The summed E-state index contributed by atoms with van der Waals surface area (Å²) in [5, 5.41) is 0. The molecule has 1 atom stereocenters. The van der Waals surface area contributed by atoms with Crippen LogP contribution in [0.1, 0.15) is 41.0 Å². The fourth-order valence-corrected chi connectivity index (χ4v) is 3.79. The number of hydrogen-bond acceptors (Lipinski definition) is 2. The van der Waals surface area contributed by atoms with Crippen LogP contribution in [0.3, 0.4) is 0 Å². The molecule has 0 fully saturated rings. The summed E-state index contributed by atoms with van der Waals surface area (Å²) in [7, 11) is -2.78. The van der Waals surface area contributed by atoms with Crippen molar-refractivity contribution in [2.75, 3.05) is 12.8 Å². The van der Waals surface area contributed by atoms with Gasteiger partial charge in [0, 0.05) is 22.6 Å². The average Bonchev–Trinajstić information content (AvgIpc) is 2.49. The topological polar surface area (TPSA) is 37.3 Å². The van der Waals surface area contributed by atoms with Gasteiger partial charge in [0.2, 0.25) is 0 Å². The van der Waals surface area contributed by atoms with Crippen LogP contribution >= 0.6 is 18.7 Å². The highest BCUT2D eigenvalue weighted by Crippen LogP contribution is 2.36. The van der Waals surface area contributed by atoms with E-state index in [1.807, 2.05) is 11.3 Å². The Kier molecular flexibility index (Phi) is 5.91. The summed E-state index contributed by atoms with van der Waals surface area (Å²) in [4.78, 5) is 12.0. The van der Waals surface area contributed by atoms with Crippen LogP contribution in [-0.4, -0.2) is 17.7 Å². The zero-order valence-corrected chi connectivity index (χ0v) is 12.7. The maximum atomic E-state index is 11.1. The second kappa shape index (κ2) is 6.72. The molecule has 0 saturated heterocycles. The molecule has 0 aliphatic carbocycles. The van der Waals surface area contributed by atoms with Crippen molar-refractivity contribution in [3.63, 3.8) is 0 Å². The third kappa shape index (κ3) is 6.40. The van der Waals surface area contributed by atoms with Crippen LogP contribution in [0.2, 0.25) is 0 Å². The van der Waals surface area contributed by atoms with Crippen LogP contribution in [-0.2, 0) is 11.0 Å². The van der Waals surface area contributed by atoms with Crippen LogP contribution in [0.15, 0.2) is 6.07 Å². The molecule has 4 heteroatoms. The summed E-state index contributed by atoms with van der Waals surface area (Å²) < 4.78 is 11.1. The van der Waals surface area contributed by atoms with Crippen molar-refractivity contribution < 1.29 is 9.46 Å². The minimum absolute atomic E-state index is 0.476. The number of hydrogen-bond donors (Lipinski definition) is 1. The van der Waals surface area contributed by atoms with E-state index in [9.17, 15) is 4.57 Å². The average molecular weight is 274 g/mol. The van der Waals surface area contributed by atoms with E-state index < -0.39 is 7.37 Å². The van der Waals surface area contributed by atoms with E-state index in [0.29, 0.717) is 6.16 Å². The molecule has 17 heavy (non-hydrogen) atoms. The quantitative estimate of drug-likeness (QED) is 0.592. The molecule has 0 aliphatic rings. The maximum absolute atomic E-state index is 11.1. The Balaban J connectivity index is 2.13. The number of aryl methyl sites for hydroxylation is 3. The summed E-state index contributed by atoms with van der Waals surface area (Å²) in [6.07, 6.45) is 5.93. The highest BCUT2D eigenvalue weighted by atomic mass is 32.1. The second-order valence-corrected chi connectivity index (χ2v) is 8.89. The van der Waals surface area contributed by atoms with Gasteiger partial charge >= 0.3 is 0 Å². The van der Waals surface area contributed by atoms with Crippen LogP contribution in [0.5, 0.6) is 0 Å². The minimum atomic E-state index is -2.78. The largest absolute Gasteiger partial charge is 0.344 e. The Labute approximate surface area is 109 Å². The Hall–Kier alpha value is -0.110. The molecule has 0 amide bonds. The van der Waals surface area contributed by atoms with E-state index in [1.165, 1.54) is 28.4 Å². The molecular weight excluding hydrogens is 251 g/mol. The van der Waals surface area contributed by atoms with E-state index in [-0.39, 0.29) is 0 Å². The highest BCUT2D eigenvalue weighted by Gasteiger charge is 2.08. The van der Waals surface area contributed by atoms with Crippen LogP contribution in [0, 0.1) is 13.8 Å². The predicted molar refractivity (Wildman–Crippen MR) is 76.6 cm³/mol. The van der Waals surface area contributed by atoms with Crippen molar-refractivity contribution >= 4 is 18.7 Å². The predicted octanol–water partition coefficient (Wildman–Crippen LogP) is 4.37. The molecule has 0 spiro atoms. The van der Waals surface area contributed by atoms with Crippen LogP contribution in [0.4, 0.5) is 0 Å². The molecule has 0 bridgehead atoms. The van der Waals surface area contributed by atoms with Gasteiger partial charge in [-0.3, -0.25) is 4.57 Å². The first kappa shape index (κ1) is 14.9. The molecule has 0 radical (unpaired) electrons. The first-order valence-corrected chi connectivity index (χ1v) is 9.34. The van der Waals surface area contributed by atoms with E-state index >= 15 is 0 Å². The number of rotatable bonds is 7. The molecule has 1 rings (SSSR count). The van der Waals surface area contributed by atoms with Gasteiger partial charge in [0.1, 0.15) is 0 Å². The lowest BCUT2D eigenvalue weighted by Crippen LogP contribution is -1.89. The van der Waals surface area contributed by atoms with Gasteiger partial charge < -0.3 is 4.89 Å². The monoisotopic (exact) mass is 274 g/mol. The van der Waals surface area contributed by atoms with Crippen molar-refractivity contribution in [2.45, 2.75) is 46.0 Å². The molecule has 1 aromatic heterocycles. The lowest BCUT2D eigenvalue weighted by molar-refractivity contribution is 0.481. The second-order valence-electron chi connectivity index (χ2n) is 4.88. The first-order chi connectivity index (χ1) is 7.88. The Morgan fingerprint density at radius 2 is 1.88 bits per heavy atom. The molecule has 1 aromatic rings. The molecule has 0 aromatic carbocycles. The van der Waals surface area contributed by atoms with Crippen molar-refractivity contribution in [1.82, 2.24) is 0 Å². The molecule has 0 saturated carbocycles. The molecule has 2 nitrogen and oxygen atoms in total. The number of unbranched alkanes of at least 4 members (excludes halogenated alkanes) is 3. The van der Waals surface area contributed by atoms with E-state index in [2.05, 4.69) is 19.9 Å². The Bertz CT molecular complexity index is 392. The lowest BCUT2D eigenvalue weighted by Gasteiger charge is -2.04. The lowest BCUT2D eigenvalue weighted by atomic mass is 10.1. The van der Waals surface area contributed by atoms with E-state index in [1.54, 1.807) is 0 Å². The van der Waals surface area contributed by atoms with Gasteiger partial charge in [0.05, 0.1) is 0 Å². The molecule has 1 heterocycles. The third-order valence-corrected chi connectivity index (χ3v) is 5.07. The molecule has 0 aliphatic heterocycles. The summed E-state index contributed by atoms with van der Waals surface area (Å²) in [6.45, 7) is 5.79. The van der Waals surface area contributed by atoms with Gasteiger partial charge in [-0.25, -0.2) is 0 Å². The Morgan fingerprint density at radius 1 is 1.24 bits per heavy atom. The Morgan fingerprint density at radius 3 is 2.41 bits per heavy atom. The maximum Gasteiger partial charge on any atom is 0.197 e. The van der Waals surface area contributed by atoms with Gasteiger partial charge in [-0.15, -0.1) is 11.3 Å². The van der Waals surface area contributed by atoms with E-state index in [0.717, 1.165) is 25.7 Å². The molecule has 98 valence electrons. The van der Waals surface area contributed by atoms with Crippen molar-refractivity contribution in [3.05, 3.63) is 21.4 Å². The molecule has 1 unspecified atom stereocenters. The first-order valence-electron chi connectivity index (χ1n) is 6.24. The van der Waals surface area contributed by atoms with Gasteiger partial charge in [0.15, 0.2) is 7.37 Å². The fraction of sp³-hybridized carbons (Fsp3) is 0.692. The minimum Gasteiger partial charge on any atom is -0.344 e. The van der Waals surface area contributed by atoms with Crippen LogP contribution < -0.4 is 0 Å². The summed E-state index contributed by atoms with van der Waals surface area (Å²) >= 11 is 1.87. The van der Waals surface area contributed by atoms with E-state index in [4.69, 9.17) is 4.89 Å². The summed E-state index contributed by atoms with van der Waals surface area (Å²) in [5.41, 5.74) is 1.48. The number of thiophene rings is 1. The molecular formula is C13H23O2PS. The standard InChI is InChI=1S/C13H23O2PS/c1-11-10-13(12(2)17-11)8-6-4-5-7-9-16(3,14)15/h10H,4-9H2,1-3H3,(H,14,15). The van der Waals surface area contributed by atoms with Crippen molar-refractivity contribution in [3.8, 4) is 0 Å². The van der Waals surface area contributed by atoms with Gasteiger partial charge in [-0.05, 0) is 44.7 Å². The SMILES string of the molecule is Cc1cc(CCCCCCP(C)(=O)O)c(C)s1. The third-order valence-electron chi connectivity index (χ3n) is 2.91. The smallest absolute Gasteiger partial charge is 0.197 e. The zero-order valence-electron chi connectivity index (χ0n) is 11.0. The van der Waals surface area contributed by atoms with Crippen molar-refractivity contribution in [1.29, 1.82) is 0 Å². The van der Waals surface area contributed by atoms with Gasteiger partial charge in [-0.1, -0.05) is 12.8 Å². The zero-order chi connectivity index (χ0) is 12.9. The van der Waals surface area contributed by atoms with Crippen molar-refractivity contribution in [2.24, 2.45) is 0 Å². The summed E-state index contributed by atoms with van der Waals surface area (Å²) in [5.74, 6) is 0. The molecule has 1 N–H and O–H groups in total. The van der Waals surface area contributed by atoms with Gasteiger partial charge in [-0.2, -0.15) is 0 Å². The van der Waals surface area contributed by atoms with Gasteiger partial charge in [0.25, 0.3) is 0 Å². The van der Waals surface area contributed by atoms with Crippen LogP contribution in [0.25, 0.3) is 0 Å². The summed E-state index contributed by atoms with van der Waals surface area (Å²) in [6, 6.07) is 2.29. The fourth-order valence-electron chi connectivity index (χ4n) is 2.01. The normalized spacial score (nSPS) is 14.8. The highest BCUT2D eigenvalue weighted by molar-refractivity contribution is 7.57.